The molecule has 1 N–H and O–H groups in total. The quantitative estimate of drug-likeness (QED) is 0.646. The molecule has 0 unspecified atom stereocenters. The summed E-state index contributed by atoms with van der Waals surface area (Å²) in [5.74, 6) is 0.433. The third kappa shape index (κ3) is 6.48. The van der Waals surface area contributed by atoms with Crippen molar-refractivity contribution in [3.63, 3.8) is 0 Å². The van der Waals surface area contributed by atoms with E-state index in [1.165, 1.54) is 11.8 Å². The Morgan fingerprint density at radius 2 is 1.89 bits per heavy atom. The lowest BCUT2D eigenvalue weighted by Crippen LogP contribution is -2.41. The number of carbonyl (C=O) groups excluding carboxylic acids is 1. The molecule has 0 aromatic heterocycles. The van der Waals surface area contributed by atoms with E-state index in [1.807, 2.05) is 36.6 Å². The molecular formula is C19H24N2O4S2. The fraction of sp³-hybridized carbons (Fsp3) is 0.316. The van der Waals surface area contributed by atoms with Crippen molar-refractivity contribution in [2.75, 3.05) is 37.0 Å². The summed E-state index contributed by atoms with van der Waals surface area (Å²) in [5, 5.41) is 2.78. The van der Waals surface area contributed by atoms with Crippen molar-refractivity contribution in [3.8, 4) is 5.75 Å². The van der Waals surface area contributed by atoms with Gasteiger partial charge in [-0.1, -0.05) is 18.2 Å². The lowest BCUT2D eigenvalue weighted by atomic mass is 10.1. The van der Waals surface area contributed by atoms with E-state index in [-0.39, 0.29) is 12.5 Å². The molecule has 0 bridgehead atoms. The zero-order chi connectivity index (χ0) is 19.9. The number of ether oxygens (including phenoxy) is 1. The highest BCUT2D eigenvalue weighted by Gasteiger charge is 2.20. The molecule has 0 aliphatic heterocycles. The first-order valence-corrected chi connectivity index (χ1v) is 11.4. The second kappa shape index (κ2) is 9.66. The Morgan fingerprint density at radius 3 is 2.48 bits per heavy atom. The summed E-state index contributed by atoms with van der Waals surface area (Å²) in [5.41, 5.74) is 1.54. The van der Waals surface area contributed by atoms with Crippen LogP contribution in [0, 0.1) is 0 Å². The molecule has 8 heteroatoms. The second-order valence-electron chi connectivity index (χ2n) is 5.92. The maximum Gasteiger partial charge on any atom is 0.240 e. The van der Waals surface area contributed by atoms with Crippen LogP contribution in [-0.2, 0) is 21.2 Å². The number of nitrogens with one attached hydrogen (secondary N) is 1. The number of anilines is 1. The first-order chi connectivity index (χ1) is 12.8. The molecule has 1 amide bonds. The lowest BCUT2D eigenvalue weighted by Gasteiger charge is -2.22. The first-order valence-electron chi connectivity index (χ1n) is 8.35. The van der Waals surface area contributed by atoms with Crippen LogP contribution in [0.15, 0.2) is 53.4 Å². The predicted octanol–water partition coefficient (Wildman–Crippen LogP) is 2.54. The summed E-state index contributed by atoms with van der Waals surface area (Å²) in [4.78, 5) is 13.2. The van der Waals surface area contributed by atoms with Crippen LogP contribution in [0.25, 0.3) is 0 Å². The second-order valence-corrected chi connectivity index (χ2v) is 8.71. The van der Waals surface area contributed by atoms with E-state index >= 15 is 0 Å². The normalized spacial score (nSPS) is 11.1. The molecular weight excluding hydrogens is 384 g/mol. The maximum absolute atomic E-state index is 12.3. The average Bonchev–Trinajstić information content (AvgIpc) is 2.66. The van der Waals surface area contributed by atoms with Crippen molar-refractivity contribution < 1.29 is 17.9 Å². The molecule has 0 saturated carbocycles. The van der Waals surface area contributed by atoms with Crippen LogP contribution in [-0.4, -0.2) is 47.0 Å². The fourth-order valence-corrected chi connectivity index (χ4v) is 3.79. The van der Waals surface area contributed by atoms with E-state index in [1.54, 1.807) is 25.3 Å². The van der Waals surface area contributed by atoms with Gasteiger partial charge in [-0.2, -0.15) is 0 Å². The number of methoxy groups -OCH3 is 1. The summed E-state index contributed by atoms with van der Waals surface area (Å²) in [6, 6.07) is 14.7. The van der Waals surface area contributed by atoms with E-state index in [4.69, 9.17) is 4.74 Å². The van der Waals surface area contributed by atoms with Gasteiger partial charge in [-0.15, -0.1) is 11.8 Å². The molecule has 2 rings (SSSR count). The molecule has 0 atom stereocenters. The zero-order valence-corrected chi connectivity index (χ0v) is 17.3. The van der Waals surface area contributed by atoms with Crippen LogP contribution in [0.3, 0.4) is 0 Å². The topological polar surface area (TPSA) is 75.7 Å². The Kier molecular flexibility index (Phi) is 7.55. The van der Waals surface area contributed by atoms with Gasteiger partial charge in [-0.05, 0) is 48.6 Å². The molecule has 6 nitrogen and oxygen atoms in total. The minimum Gasteiger partial charge on any atom is -0.497 e. The molecule has 2 aromatic rings. The highest BCUT2D eigenvalue weighted by molar-refractivity contribution is 7.98. The molecule has 146 valence electrons. The summed E-state index contributed by atoms with van der Waals surface area (Å²) < 4.78 is 30.5. The van der Waals surface area contributed by atoms with Gasteiger partial charge in [-0.3, -0.25) is 9.10 Å². The van der Waals surface area contributed by atoms with E-state index in [9.17, 15) is 13.2 Å². The molecule has 0 heterocycles. The van der Waals surface area contributed by atoms with Crippen molar-refractivity contribution in [2.24, 2.45) is 0 Å². The Balaban J connectivity index is 1.97. The van der Waals surface area contributed by atoms with Crippen molar-refractivity contribution >= 4 is 33.4 Å². The van der Waals surface area contributed by atoms with Gasteiger partial charge >= 0.3 is 0 Å². The smallest absolute Gasteiger partial charge is 0.240 e. The zero-order valence-electron chi connectivity index (χ0n) is 15.6. The molecule has 0 fully saturated rings. The third-order valence-corrected chi connectivity index (χ3v) is 5.79. The molecule has 0 aliphatic carbocycles. The van der Waals surface area contributed by atoms with Crippen molar-refractivity contribution in [3.05, 3.63) is 54.1 Å². The SMILES string of the molecule is COc1ccc(CCNC(=O)CN(c2cccc(SC)c2)S(C)(=O)=O)cc1. The van der Waals surface area contributed by atoms with E-state index in [0.29, 0.717) is 18.7 Å². The summed E-state index contributed by atoms with van der Waals surface area (Å²) in [6.45, 7) is 0.174. The number of carbonyl (C=O) groups is 1. The van der Waals surface area contributed by atoms with Gasteiger partial charge in [-0.25, -0.2) is 8.42 Å². The number of hydrogen-bond donors (Lipinski definition) is 1. The van der Waals surface area contributed by atoms with Crippen molar-refractivity contribution in [1.29, 1.82) is 0 Å². The van der Waals surface area contributed by atoms with E-state index in [2.05, 4.69) is 5.32 Å². The Bertz CT molecular complexity index is 868. The predicted molar refractivity (Wildman–Crippen MR) is 110 cm³/mol. The number of amides is 1. The Hall–Kier alpha value is -2.19. The molecule has 0 aliphatic rings. The number of nitrogens with zero attached hydrogens (tertiary/aromatic N) is 1. The lowest BCUT2D eigenvalue weighted by molar-refractivity contribution is -0.119. The van der Waals surface area contributed by atoms with Gasteiger partial charge in [0.25, 0.3) is 0 Å². The molecule has 0 radical (unpaired) electrons. The molecule has 0 saturated heterocycles. The number of hydrogen-bond acceptors (Lipinski definition) is 5. The minimum atomic E-state index is -3.57. The number of thioether (sulfide) groups is 1. The minimum absolute atomic E-state index is 0.251. The van der Waals surface area contributed by atoms with Gasteiger partial charge in [0.2, 0.25) is 15.9 Å². The fourth-order valence-electron chi connectivity index (χ4n) is 2.49. The highest BCUT2D eigenvalue weighted by atomic mass is 32.2. The molecule has 0 spiro atoms. The van der Waals surface area contributed by atoms with Gasteiger partial charge in [0, 0.05) is 11.4 Å². The van der Waals surface area contributed by atoms with Crippen LogP contribution in [0.1, 0.15) is 5.56 Å². The van der Waals surface area contributed by atoms with Gasteiger partial charge in [0.05, 0.1) is 19.1 Å². The third-order valence-electron chi connectivity index (χ3n) is 3.92. The van der Waals surface area contributed by atoms with Crippen LogP contribution >= 0.6 is 11.8 Å². The Labute approximate surface area is 165 Å². The monoisotopic (exact) mass is 408 g/mol. The number of sulfonamides is 1. The molecule has 27 heavy (non-hydrogen) atoms. The summed E-state index contributed by atoms with van der Waals surface area (Å²) in [7, 11) is -1.96. The van der Waals surface area contributed by atoms with Gasteiger partial charge in [0.1, 0.15) is 12.3 Å². The summed E-state index contributed by atoms with van der Waals surface area (Å²) >= 11 is 1.51. The number of benzene rings is 2. The van der Waals surface area contributed by atoms with Gasteiger partial charge < -0.3 is 10.1 Å². The Morgan fingerprint density at radius 1 is 1.19 bits per heavy atom. The van der Waals surface area contributed by atoms with Crippen LogP contribution in [0.4, 0.5) is 5.69 Å². The number of rotatable bonds is 9. The van der Waals surface area contributed by atoms with Crippen LogP contribution < -0.4 is 14.4 Å². The molecule has 2 aromatic carbocycles. The van der Waals surface area contributed by atoms with E-state index < -0.39 is 10.0 Å². The van der Waals surface area contributed by atoms with Crippen molar-refractivity contribution in [2.45, 2.75) is 11.3 Å². The van der Waals surface area contributed by atoms with Crippen LogP contribution in [0.2, 0.25) is 0 Å². The highest BCUT2D eigenvalue weighted by Crippen LogP contribution is 2.23. The van der Waals surface area contributed by atoms with Crippen LogP contribution in [0.5, 0.6) is 5.75 Å². The van der Waals surface area contributed by atoms with Crippen molar-refractivity contribution in [1.82, 2.24) is 5.32 Å². The maximum atomic E-state index is 12.3. The standard InChI is InChI=1S/C19H24N2O4S2/c1-25-17-9-7-15(8-10-17)11-12-20-19(22)14-21(27(3,23)24)16-5-4-6-18(13-16)26-2/h4-10,13H,11-12,14H2,1-3H3,(H,20,22). The van der Waals surface area contributed by atoms with E-state index in [0.717, 1.165) is 26.8 Å². The largest absolute Gasteiger partial charge is 0.497 e. The average molecular weight is 409 g/mol. The van der Waals surface area contributed by atoms with Gasteiger partial charge in [0.15, 0.2) is 0 Å². The first kappa shape index (κ1) is 21.1. The summed E-state index contributed by atoms with van der Waals surface area (Å²) in [6.07, 6.45) is 3.66.